The van der Waals surface area contributed by atoms with Crippen LogP contribution in [0.1, 0.15) is 16.1 Å². The number of ether oxygens (including phenoxy) is 2. The van der Waals surface area contributed by atoms with E-state index in [0.717, 1.165) is 17.0 Å². The number of hydrogen-bond donors (Lipinski definition) is 1. The molecule has 30 heavy (non-hydrogen) atoms. The molecule has 0 unspecified atom stereocenters. The van der Waals surface area contributed by atoms with E-state index in [4.69, 9.17) is 14.0 Å². The van der Waals surface area contributed by atoms with E-state index >= 15 is 0 Å². The number of rotatable bonds is 7. The van der Waals surface area contributed by atoms with Gasteiger partial charge >= 0.3 is 0 Å². The SMILES string of the molecule is COc1ccc(-c2cc(CNC(=O)c3cnn(-c4ccccc4OC)c3)no2)cc1. The zero-order valence-electron chi connectivity index (χ0n) is 16.5. The second-order valence-electron chi connectivity index (χ2n) is 6.44. The van der Waals surface area contributed by atoms with Crippen LogP contribution in [0.5, 0.6) is 11.5 Å². The monoisotopic (exact) mass is 404 g/mol. The maximum Gasteiger partial charge on any atom is 0.254 e. The summed E-state index contributed by atoms with van der Waals surface area (Å²) in [6, 6.07) is 16.7. The summed E-state index contributed by atoms with van der Waals surface area (Å²) < 4.78 is 17.5. The molecular formula is C22H20N4O4. The third-order valence-electron chi connectivity index (χ3n) is 4.54. The van der Waals surface area contributed by atoms with Crippen LogP contribution in [0.15, 0.2) is 71.5 Å². The molecule has 0 bridgehead atoms. The van der Waals surface area contributed by atoms with Crippen molar-refractivity contribution in [3.8, 4) is 28.5 Å². The summed E-state index contributed by atoms with van der Waals surface area (Å²) in [5, 5.41) is 11.1. The second kappa shape index (κ2) is 8.52. The van der Waals surface area contributed by atoms with Crippen LogP contribution in [0.2, 0.25) is 0 Å². The first-order chi connectivity index (χ1) is 14.7. The highest BCUT2D eigenvalue weighted by atomic mass is 16.5. The van der Waals surface area contributed by atoms with Crippen molar-refractivity contribution in [2.24, 2.45) is 0 Å². The van der Waals surface area contributed by atoms with E-state index in [0.29, 0.717) is 22.8 Å². The molecule has 2 heterocycles. The normalized spacial score (nSPS) is 10.6. The fourth-order valence-electron chi connectivity index (χ4n) is 2.95. The molecule has 0 radical (unpaired) electrons. The van der Waals surface area contributed by atoms with E-state index in [2.05, 4.69) is 15.6 Å². The summed E-state index contributed by atoms with van der Waals surface area (Å²) in [6.45, 7) is 0.234. The first kappa shape index (κ1) is 19.3. The fourth-order valence-corrected chi connectivity index (χ4v) is 2.95. The lowest BCUT2D eigenvalue weighted by Crippen LogP contribution is -2.22. The van der Waals surface area contributed by atoms with Crippen LogP contribution in [0.25, 0.3) is 17.0 Å². The molecule has 0 spiro atoms. The van der Waals surface area contributed by atoms with Gasteiger partial charge in [-0.3, -0.25) is 4.79 Å². The molecule has 0 aliphatic carbocycles. The van der Waals surface area contributed by atoms with E-state index in [1.54, 1.807) is 31.2 Å². The molecule has 8 heteroatoms. The number of hydrogen-bond acceptors (Lipinski definition) is 6. The van der Waals surface area contributed by atoms with Gasteiger partial charge in [0.25, 0.3) is 5.91 Å². The third kappa shape index (κ3) is 4.02. The molecule has 4 rings (SSSR count). The topological polar surface area (TPSA) is 91.4 Å². The van der Waals surface area contributed by atoms with Gasteiger partial charge in [0.2, 0.25) is 0 Å². The zero-order valence-corrected chi connectivity index (χ0v) is 16.5. The largest absolute Gasteiger partial charge is 0.497 e. The smallest absolute Gasteiger partial charge is 0.254 e. The van der Waals surface area contributed by atoms with Gasteiger partial charge in [-0.25, -0.2) is 4.68 Å². The Morgan fingerprint density at radius 3 is 2.67 bits per heavy atom. The van der Waals surface area contributed by atoms with E-state index in [-0.39, 0.29) is 12.5 Å². The van der Waals surface area contributed by atoms with Crippen molar-refractivity contribution in [1.82, 2.24) is 20.3 Å². The van der Waals surface area contributed by atoms with Gasteiger partial charge in [-0.05, 0) is 36.4 Å². The predicted molar refractivity (Wildman–Crippen MR) is 110 cm³/mol. The van der Waals surface area contributed by atoms with E-state index in [1.165, 1.54) is 6.20 Å². The van der Waals surface area contributed by atoms with Crippen molar-refractivity contribution in [2.45, 2.75) is 6.54 Å². The molecule has 0 saturated heterocycles. The highest BCUT2D eigenvalue weighted by Crippen LogP contribution is 2.23. The number of aromatic nitrogens is 3. The highest BCUT2D eigenvalue weighted by Gasteiger charge is 2.13. The Balaban J connectivity index is 1.41. The summed E-state index contributed by atoms with van der Waals surface area (Å²) in [5.41, 5.74) is 2.67. The van der Waals surface area contributed by atoms with Gasteiger partial charge in [0, 0.05) is 17.8 Å². The number of carbonyl (C=O) groups is 1. The standard InChI is InChI=1S/C22H20N4O4/c1-28-18-9-7-15(8-10-18)21-11-17(25-30-21)13-23-22(27)16-12-24-26(14-16)19-5-3-4-6-20(19)29-2/h3-12,14H,13H2,1-2H3,(H,23,27). The van der Waals surface area contributed by atoms with Crippen LogP contribution in [-0.4, -0.2) is 35.1 Å². The quantitative estimate of drug-likeness (QED) is 0.507. The van der Waals surface area contributed by atoms with Crippen molar-refractivity contribution in [3.63, 3.8) is 0 Å². The van der Waals surface area contributed by atoms with Crippen molar-refractivity contribution >= 4 is 5.91 Å². The first-order valence-electron chi connectivity index (χ1n) is 9.24. The van der Waals surface area contributed by atoms with Gasteiger partial charge in [-0.15, -0.1) is 0 Å². The maximum absolute atomic E-state index is 12.5. The number of para-hydroxylation sites is 2. The van der Waals surface area contributed by atoms with Crippen LogP contribution >= 0.6 is 0 Å². The summed E-state index contributed by atoms with van der Waals surface area (Å²) in [6.07, 6.45) is 3.16. The molecule has 2 aromatic heterocycles. The van der Waals surface area contributed by atoms with Crippen LogP contribution < -0.4 is 14.8 Å². The number of amides is 1. The van der Waals surface area contributed by atoms with E-state index < -0.39 is 0 Å². The Hall–Kier alpha value is -4.07. The second-order valence-corrected chi connectivity index (χ2v) is 6.44. The van der Waals surface area contributed by atoms with Crippen LogP contribution in [0.3, 0.4) is 0 Å². The van der Waals surface area contributed by atoms with Crippen molar-refractivity contribution in [3.05, 3.63) is 78.2 Å². The molecule has 0 atom stereocenters. The van der Waals surface area contributed by atoms with Gasteiger partial charge < -0.3 is 19.3 Å². The number of benzene rings is 2. The Morgan fingerprint density at radius 2 is 1.90 bits per heavy atom. The molecular weight excluding hydrogens is 384 g/mol. The van der Waals surface area contributed by atoms with Crippen LogP contribution in [0, 0.1) is 0 Å². The molecule has 0 aliphatic rings. The molecule has 0 fully saturated rings. The van der Waals surface area contributed by atoms with E-state index in [1.807, 2.05) is 48.5 Å². The minimum atomic E-state index is -0.259. The van der Waals surface area contributed by atoms with Crippen molar-refractivity contribution < 1.29 is 18.8 Å². The molecule has 2 aromatic carbocycles. The minimum absolute atomic E-state index is 0.234. The van der Waals surface area contributed by atoms with Gasteiger partial charge in [0.1, 0.15) is 22.9 Å². The lowest BCUT2D eigenvalue weighted by Gasteiger charge is -2.07. The number of nitrogens with one attached hydrogen (secondary N) is 1. The summed E-state index contributed by atoms with van der Waals surface area (Å²) >= 11 is 0. The van der Waals surface area contributed by atoms with Gasteiger partial charge in [-0.2, -0.15) is 5.10 Å². The first-order valence-corrected chi connectivity index (χ1v) is 9.24. The fraction of sp³-hybridized carbons (Fsp3) is 0.136. The Morgan fingerprint density at radius 1 is 1.10 bits per heavy atom. The number of methoxy groups -OCH3 is 2. The molecule has 1 amide bonds. The van der Waals surface area contributed by atoms with E-state index in [9.17, 15) is 4.79 Å². The van der Waals surface area contributed by atoms with Crippen LogP contribution in [-0.2, 0) is 6.54 Å². The Labute approximate surface area is 173 Å². The van der Waals surface area contributed by atoms with Gasteiger partial charge in [0.15, 0.2) is 5.76 Å². The lowest BCUT2D eigenvalue weighted by molar-refractivity contribution is 0.0950. The minimum Gasteiger partial charge on any atom is -0.497 e. The third-order valence-corrected chi connectivity index (χ3v) is 4.54. The van der Waals surface area contributed by atoms with Crippen LogP contribution in [0.4, 0.5) is 0 Å². The average Bonchev–Trinajstić information content (AvgIpc) is 3.47. The number of nitrogens with zero attached hydrogens (tertiary/aromatic N) is 3. The molecule has 152 valence electrons. The Kier molecular flexibility index (Phi) is 5.47. The summed E-state index contributed by atoms with van der Waals surface area (Å²) in [4.78, 5) is 12.5. The average molecular weight is 404 g/mol. The molecule has 4 aromatic rings. The zero-order chi connectivity index (χ0) is 20.9. The Bertz CT molecular complexity index is 1150. The summed E-state index contributed by atoms with van der Waals surface area (Å²) in [7, 11) is 3.21. The lowest BCUT2D eigenvalue weighted by atomic mass is 10.1. The molecule has 8 nitrogen and oxygen atoms in total. The predicted octanol–water partition coefficient (Wildman–Crippen LogP) is 3.47. The van der Waals surface area contributed by atoms with Crippen molar-refractivity contribution in [1.29, 1.82) is 0 Å². The molecule has 1 N–H and O–H groups in total. The van der Waals surface area contributed by atoms with Crippen molar-refractivity contribution in [2.75, 3.05) is 14.2 Å². The maximum atomic E-state index is 12.5. The molecule has 0 aliphatic heterocycles. The number of carbonyl (C=O) groups excluding carboxylic acids is 1. The van der Waals surface area contributed by atoms with Gasteiger partial charge in [0.05, 0.1) is 32.5 Å². The molecule has 0 saturated carbocycles. The highest BCUT2D eigenvalue weighted by molar-refractivity contribution is 5.93. The van der Waals surface area contributed by atoms with Gasteiger partial charge in [-0.1, -0.05) is 17.3 Å². The summed E-state index contributed by atoms with van der Waals surface area (Å²) in [5.74, 6) is 1.79.